The van der Waals surface area contributed by atoms with Crippen molar-refractivity contribution in [3.05, 3.63) is 0 Å². The van der Waals surface area contributed by atoms with Gasteiger partial charge in [-0.05, 0) is 41.3 Å². The Kier molecular flexibility index (Phi) is 5.83. The topological polar surface area (TPSA) is 41.6 Å². The molecule has 0 saturated carbocycles. The van der Waals surface area contributed by atoms with Gasteiger partial charge in [0.05, 0.1) is 7.11 Å². The summed E-state index contributed by atoms with van der Waals surface area (Å²) < 4.78 is 4.78. The lowest BCUT2D eigenvalue weighted by Crippen LogP contribution is -2.50. The second-order valence-electron chi connectivity index (χ2n) is 4.40. The molecular weight excluding hydrogens is 192 g/mol. The second-order valence-corrected chi connectivity index (χ2v) is 4.40. The Hall–Kier alpha value is -0.610. The van der Waals surface area contributed by atoms with Crippen LogP contribution >= 0.6 is 0 Å². The van der Waals surface area contributed by atoms with E-state index in [0.29, 0.717) is 6.04 Å². The van der Waals surface area contributed by atoms with Crippen molar-refractivity contribution in [3.8, 4) is 0 Å². The molecule has 0 fully saturated rings. The summed E-state index contributed by atoms with van der Waals surface area (Å²) in [4.78, 5) is 13.8. The molecule has 0 aromatic rings. The smallest absolute Gasteiger partial charge is 0.325 e. The molecule has 0 aromatic carbocycles. The van der Waals surface area contributed by atoms with Crippen molar-refractivity contribution in [2.45, 2.75) is 38.8 Å². The van der Waals surface area contributed by atoms with Gasteiger partial charge in [0, 0.05) is 12.6 Å². The zero-order valence-corrected chi connectivity index (χ0v) is 10.8. The first-order valence-corrected chi connectivity index (χ1v) is 5.35. The molecule has 0 heterocycles. The molecule has 0 radical (unpaired) electrons. The highest BCUT2D eigenvalue weighted by Crippen LogP contribution is 2.12. The van der Waals surface area contributed by atoms with Gasteiger partial charge in [0.15, 0.2) is 0 Å². The highest BCUT2D eigenvalue weighted by molar-refractivity contribution is 5.80. The van der Waals surface area contributed by atoms with E-state index in [0.717, 1.165) is 13.0 Å². The SMILES string of the molecule is CNC(C)(CCN(C)C(C)C)C(=O)OC. The molecule has 1 atom stereocenters. The normalized spacial score (nSPS) is 15.5. The minimum Gasteiger partial charge on any atom is -0.468 e. The van der Waals surface area contributed by atoms with Crippen LogP contribution in [0.3, 0.4) is 0 Å². The molecule has 0 aliphatic carbocycles. The van der Waals surface area contributed by atoms with Gasteiger partial charge in [-0.2, -0.15) is 0 Å². The molecule has 0 saturated heterocycles. The Morgan fingerprint density at radius 1 is 1.53 bits per heavy atom. The molecule has 15 heavy (non-hydrogen) atoms. The summed E-state index contributed by atoms with van der Waals surface area (Å²) >= 11 is 0. The van der Waals surface area contributed by atoms with Crippen molar-refractivity contribution in [3.63, 3.8) is 0 Å². The molecule has 0 amide bonds. The van der Waals surface area contributed by atoms with Crippen molar-refractivity contribution in [1.82, 2.24) is 10.2 Å². The molecule has 1 unspecified atom stereocenters. The Morgan fingerprint density at radius 2 is 2.07 bits per heavy atom. The summed E-state index contributed by atoms with van der Waals surface area (Å²) in [6.07, 6.45) is 0.741. The number of hydrogen-bond donors (Lipinski definition) is 1. The average molecular weight is 216 g/mol. The molecule has 0 aromatic heterocycles. The van der Waals surface area contributed by atoms with Crippen LogP contribution in [0.4, 0.5) is 0 Å². The molecule has 0 spiro atoms. The van der Waals surface area contributed by atoms with Crippen molar-refractivity contribution < 1.29 is 9.53 Å². The highest BCUT2D eigenvalue weighted by Gasteiger charge is 2.32. The fourth-order valence-corrected chi connectivity index (χ4v) is 1.21. The van der Waals surface area contributed by atoms with Gasteiger partial charge in [-0.25, -0.2) is 0 Å². The van der Waals surface area contributed by atoms with Crippen molar-refractivity contribution in [1.29, 1.82) is 0 Å². The minimum absolute atomic E-state index is 0.206. The van der Waals surface area contributed by atoms with Crippen LogP contribution in [0.1, 0.15) is 27.2 Å². The zero-order chi connectivity index (χ0) is 12.1. The summed E-state index contributed by atoms with van der Waals surface area (Å²) in [6, 6.07) is 0.490. The van der Waals surface area contributed by atoms with Gasteiger partial charge >= 0.3 is 5.97 Å². The van der Waals surface area contributed by atoms with Gasteiger partial charge in [0.25, 0.3) is 0 Å². The highest BCUT2D eigenvalue weighted by atomic mass is 16.5. The van der Waals surface area contributed by atoms with Crippen LogP contribution in [0.15, 0.2) is 0 Å². The number of nitrogens with zero attached hydrogens (tertiary/aromatic N) is 1. The minimum atomic E-state index is -0.585. The van der Waals surface area contributed by atoms with Gasteiger partial charge in [-0.1, -0.05) is 0 Å². The molecule has 0 bridgehead atoms. The van der Waals surface area contributed by atoms with Crippen molar-refractivity contribution in [2.75, 3.05) is 27.7 Å². The van der Waals surface area contributed by atoms with Crippen molar-refractivity contribution in [2.24, 2.45) is 0 Å². The Labute approximate surface area is 93.0 Å². The van der Waals surface area contributed by atoms with E-state index in [9.17, 15) is 4.79 Å². The van der Waals surface area contributed by atoms with Gasteiger partial charge in [0.1, 0.15) is 5.54 Å². The van der Waals surface area contributed by atoms with E-state index < -0.39 is 5.54 Å². The number of ether oxygens (including phenoxy) is 1. The van der Waals surface area contributed by atoms with Crippen LogP contribution in [0.2, 0.25) is 0 Å². The van der Waals surface area contributed by atoms with Crippen LogP contribution in [-0.2, 0) is 9.53 Å². The maximum absolute atomic E-state index is 11.5. The zero-order valence-electron chi connectivity index (χ0n) is 10.8. The molecule has 0 aliphatic heterocycles. The summed E-state index contributed by atoms with van der Waals surface area (Å²) in [5.41, 5.74) is -0.585. The predicted octanol–water partition coefficient (Wildman–Crippen LogP) is 0.868. The van der Waals surface area contributed by atoms with Gasteiger partial charge < -0.3 is 15.0 Å². The number of methoxy groups -OCH3 is 1. The predicted molar refractivity (Wildman–Crippen MR) is 61.9 cm³/mol. The summed E-state index contributed by atoms with van der Waals surface area (Å²) in [5, 5.41) is 3.02. The first-order chi connectivity index (χ1) is 6.87. The van der Waals surface area contributed by atoms with Gasteiger partial charge in [0.2, 0.25) is 0 Å². The maximum atomic E-state index is 11.5. The van der Waals surface area contributed by atoms with E-state index in [1.165, 1.54) is 7.11 Å². The van der Waals surface area contributed by atoms with E-state index in [1.54, 1.807) is 7.05 Å². The molecule has 4 heteroatoms. The number of likely N-dealkylation sites (N-methyl/N-ethyl adjacent to an activating group) is 1. The number of rotatable bonds is 6. The van der Waals surface area contributed by atoms with Crippen LogP contribution in [-0.4, -0.2) is 50.2 Å². The fraction of sp³-hybridized carbons (Fsp3) is 0.909. The molecule has 0 aliphatic rings. The maximum Gasteiger partial charge on any atom is 0.325 e. The van der Waals surface area contributed by atoms with Gasteiger partial charge in [-0.15, -0.1) is 0 Å². The summed E-state index contributed by atoms with van der Waals surface area (Å²) in [6.45, 7) is 7.00. The Bertz CT molecular complexity index is 207. The van der Waals surface area contributed by atoms with Gasteiger partial charge in [-0.3, -0.25) is 4.79 Å². The van der Waals surface area contributed by atoms with E-state index in [1.807, 2.05) is 6.92 Å². The largest absolute Gasteiger partial charge is 0.468 e. The van der Waals surface area contributed by atoms with E-state index >= 15 is 0 Å². The first-order valence-electron chi connectivity index (χ1n) is 5.35. The van der Waals surface area contributed by atoms with E-state index in [2.05, 4.69) is 31.1 Å². The first kappa shape index (κ1) is 14.4. The van der Waals surface area contributed by atoms with Crippen LogP contribution in [0.5, 0.6) is 0 Å². The molecular formula is C11H24N2O2. The number of carbonyl (C=O) groups is 1. The van der Waals surface area contributed by atoms with Crippen LogP contribution in [0.25, 0.3) is 0 Å². The third-order valence-electron chi connectivity index (χ3n) is 3.03. The third-order valence-corrected chi connectivity index (χ3v) is 3.03. The standard InChI is InChI=1S/C11H24N2O2/c1-9(2)13(5)8-7-11(3,12-4)10(14)15-6/h9,12H,7-8H2,1-6H3. The Morgan fingerprint density at radius 3 is 2.40 bits per heavy atom. The molecule has 90 valence electrons. The number of esters is 1. The summed E-state index contributed by atoms with van der Waals surface area (Å²) in [5.74, 6) is -0.206. The average Bonchev–Trinajstić information content (AvgIpc) is 2.23. The second kappa shape index (κ2) is 6.08. The van der Waals surface area contributed by atoms with Crippen LogP contribution in [0, 0.1) is 0 Å². The monoisotopic (exact) mass is 216 g/mol. The quantitative estimate of drug-likeness (QED) is 0.669. The van der Waals surface area contributed by atoms with E-state index in [4.69, 9.17) is 4.74 Å². The van der Waals surface area contributed by atoms with Crippen molar-refractivity contribution >= 4 is 5.97 Å². The molecule has 4 nitrogen and oxygen atoms in total. The third kappa shape index (κ3) is 4.18. The van der Waals surface area contributed by atoms with Crippen LogP contribution < -0.4 is 5.32 Å². The lowest BCUT2D eigenvalue weighted by atomic mass is 9.98. The lowest BCUT2D eigenvalue weighted by Gasteiger charge is -2.29. The molecule has 1 N–H and O–H groups in total. The fourth-order valence-electron chi connectivity index (χ4n) is 1.21. The molecule has 0 rings (SSSR count). The number of hydrogen-bond acceptors (Lipinski definition) is 4. The van der Waals surface area contributed by atoms with E-state index in [-0.39, 0.29) is 5.97 Å². The summed E-state index contributed by atoms with van der Waals surface area (Å²) in [7, 11) is 5.26. The number of carbonyl (C=O) groups excluding carboxylic acids is 1. The number of nitrogens with one attached hydrogen (secondary N) is 1. The Balaban J connectivity index is 4.27. The lowest BCUT2D eigenvalue weighted by molar-refractivity contribution is -0.148.